The lowest BCUT2D eigenvalue weighted by molar-refractivity contribution is -0.138. The van der Waals surface area contributed by atoms with Gasteiger partial charge in [0.05, 0.1) is 6.61 Å². The van der Waals surface area contributed by atoms with Crippen molar-refractivity contribution in [1.82, 2.24) is 0 Å². The second-order valence-electron chi connectivity index (χ2n) is 3.80. The van der Waals surface area contributed by atoms with Crippen LogP contribution in [-0.2, 0) is 9.53 Å². The molecule has 0 fully saturated rings. The minimum absolute atomic E-state index is 0.163. The number of benzene rings is 1. The molecule has 0 amide bonds. The monoisotopic (exact) mass is 265 g/mol. The van der Waals surface area contributed by atoms with E-state index in [0.717, 1.165) is 18.6 Å². The largest absolute Gasteiger partial charge is 0.462 e. The summed E-state index contributed by atoms with van der Waals surface area (Å²) >= 11 is 0. The molecule has 0 aliphatic carbocycles. The normalized spacial score (nSPS) is 10.9. The summed E-state index contributed by atoms with van der Waals surface area (Å²) in [7, 11) is 0. The quantitative estimate of drug-likeness (QED) is 0.355. The van der Waals surface area contributed by atoms with Crippen molar-refractivity contribution in [3.05, 3.63) is 41.0 Å². The van der Waals surface area contributed by atoms with Crippen molar-refractivity contribution in [2.24, 2.45) is 0 Å². The number of hydrogen-bond acceptors (Lipinski definition) is 3. The standard InChI is InChI=1S/C14H13F2NO2/c1-2-3-7-19-14(18)11(9-17)8-10-5-4-6-12(15)13(10)16/h4-6,8H,2-3,7H2,1H3. The Balaban J connectivity index is 2.90. The number of esters is 1. The van der Waals surface area contributed by atoms with E-state index in [2.05, 4.69) is 0 Å². The maximum Gasteiger partial charge on any atom is 0.348 e. The Kier molecular flexibility index (Phi) is 5.68. The lowest BCUT2D eigenvalue weighted by Crippen LogP contribution is -2.08. The molecule has 0 N–H and O–H groups in total. The van der Waals surface area contributed by atoms with E-state index in [1.54, 1.807) is 6.07 Å². The van der Waals surface area contributed by atoms with Crippen LogP contribution in [0, 0.1) is 23.0 Å². The molecular formula is C14H13F2NO2. The van der Waals surface area contributed by atoms with Gasteiger partial charge in [-0.1, -0.05) is 25.5 Å². The molecule has 0 bridgehead atoms. The van der Waals surface area contributed by atoms with Crippen molar-refractivity contribution in [2.75, 3.05) is 6.61 Å². The molecule has 0 unspecified atom stereocenters. The van der Waals surface area contributed by atoms with Crippen LogP contribution in [0.15, 0.2) is 23.8 Å². The van der Waals surface area contributed by atoms with Gasteiger partial charge in [0.15, 0.2) is 11.6 Å². The Morgan fingerprint density at radius 1 is 1.47 bits per heavy atom. The lowest BCUT2D eigenvalue weighted by atomic mass is 10.1. The molecule has 100 valence electrons. The summed E-state index contributed by atoms with van der Waals surface area (Å²) in [5, 5.41) is 8.84. The van der Waals surface area contributed by atoms with Crippen molar-refractivity contribution in [3.8, 4) is 6.07 Å². The van der Waals surface area contributed by atoms with Crippen molar-refractivity contribution in [1.29, 1.82) is 5.26 Å². The van der Waals surface area contributed by atoms with Gasteiger partial charge in [-0.25, -0.2) is 13.6 Å². The summed E-state index contributed by atoms with van der Waals surface area (Å²) in [4.78, 5) is 11.5. The zero-order valence-electron chi connectivity index (χ0n) is 10.5. The summed E-state index contributed by atoms with van der Waals surface area (Å²) in [5.41, 5.74) is -0.524. The molecule has 0 radical (unpaired) electrons. The van der Waals surface area contributed by atoms with Gasteiger partial charge in [-0.3, -0.25) is 0 Å². The minimum atomic E-state index is -1.10. The fourth-order valence-corrected chi connectivity index (χ4v) is 1.31. The molecule has 1 aromatic carbocycles. The zero-order valence-corrected chi connectivity index (χ0v) is 10.5. The summed E-state index contributed by atoms with van der Waals surface area (Å²) in [6.07, 6.45) is 2.50. The van der Waals surface area contributed by atoms with E-state index in [0.29, 0.717) is 6.42 Å². The second-order valence-corrected chi connectivity index (χ2v) is 3.80. The molecule has 0 heterocycles. The molecule has 19 heavy (non-hydrogen) atoms. The number of unbranched alkanes of at least 4 members (excludes halogenated alkanes) is 1. The van der Waals surface area contributed by atoms with Crippen LogP contribution in [0.1, 0.15) is 25.3 Å². The molecule has 0 aliphatic rings. The van der Waals surface area contributed by atoms with Crippen molar-refractivity contribution >= 4 is 12.0 Å². The highest BCUT2D eigenvalue weighted by atomic mass is 19.2. The molecule has 0 aliphatic heterocycles. The van der Waals surface area contributed by atoms with E-state index >= 15 is 0 Å². The highest BCUT2D eigenvalue weighted by Gasteiger charge is 2.13. The Bertz CT molecular complexity index is 533. The second kappa shape index (κ2) is 7.27. The molecule has 0 saturated heterocycles. The van der Waals surface area contributed by atoms with Crippen molar-refractivity contribution < 1.29 is 18.3 Å². The number of carbonyl (C=O) groups excluding carboxylic acids is 1. The maximum absolute atomic E-state index is 13.4. The van der Waals surface area contributed by atoms with Gasteiger partial charge in [-0.15, -0.1) is 0 Å². The smallest absolute Gasteiger partial charge is 0.348 e. The molecule has 0 aromatic heterocycles. The van der Waals surface area contributed by atoms with Crippen LogP contribution in [0.3, 0.4) is 0 Å². The number of carbonyl (C=O) groups is 1. The summed E-state index contributed by atoms with van der Waals surface area (Å²) in [6.45, 7) is 2.12. The van der Waals surface area contributed by atoms with Crippen LogP contribution < -0.4 is 0 Å². The molecule has 1 rings (SSSR count). The number of nitrogens with zero attached hydrogens (tertiary/aromatic N) is 1. The maximum atomic E-state index is 13.4. The molecule has 5 heteroatoms. The highest BCUT2D eigenvalue weighted by molar-refractivity contribution is 5.97. The van der Waals surface area contributed by atoms with Crippen LogP contribution in [0.25, 0.3) is 6.08 Å². The topological polar surface area (TPSA) is 50.1 Å². The first kappa shape index (κ1) is 14.8. The van der Waals surface area contributed by atoms with Crippen LogP contribution in [0.4, 0.5) is 8.78 Å². The van der Waals surface area contributed by atoms with Crippen LogP contribution >= 0.6 is 0 Å². The van der Waals surface area contributed by atoms with Crippen molar-refractivity contribution in [2.45, 2.75) is 19.8 Å². The van der Waals surface area contributed by atoms with Gasteiger partial charge < -0.3 is 4.74 Å². The molecule has 0 spiro atoms. The number of nitriles is 1. The zero-order chi connectivity index (χ0) is 14.3. The number of hydrogen-bond donors (Lipinski definition) is 0. The summed E-state index contributed by atoms with van der Waals surface area (Å²) < 4.78 is 31.2. The minimum Gasteiger partial charge on any atom is -0.462 e. The van der Waals surface area contributed by atoms with E-state index in [9.17, 15) is 13.6 Å². The molecule has 3 nitrogen and oxygen atoms in total. The average molecular weight is 265 g/mol. The molecule has 0 saturated carbocycles. The van der Waals surface area contributed by atoms with E-state index in [4.69, 9.17) is 10.00 Å². The third-order valence-corrected chi connectivity index (χ3v) is 2.35. The van der Waals surface area contributed by atoms with Crippen molar-refractivity contribution in [3.63, 3.8) is 0 Å². The predicted octanol–water partition coefficient (Wildman–Crippen LogP) is 3.22. The fourth-order valence-electron chi connectivity index (χ4n) is 1.31. The van der Waals surface area contributed by atoms with Crippen LogP contribution in [0.2, 0.25) is 0 Å². The summed E-state index contributed by atoms with van der Waals surface area (Å²) in [6, 6.07) is 5.14. The Labute approximate surface area is 110 Å². The summed E-state index contributed by atoms with van der Waals surface area (Å²) in [5.74, 6) is -2.97. The number of rotatable bonds is 5. The van der Waals surface area contributed by atoms with Gasteiger partial charge in [-0.05, 0) is 18.6 Å². The molecule has 1 aromatic rings. The first-order valence-electron chi connectivity index (χ1n) is 5.83. The molecular weight excluding hydrogens is 252 g/mol. The van der Waals surface area contributed by atoms with Gasteiger partial charge in [-0.2, -0.15) is 5.26 Å². The van der Waals surface area contributed by atoms with E-state index in [1.807, 2.05) is 6.92 Å². The average Bonchev–Trinajstić information content (AvgIpc) is 2.40. The lowest BCUT2D eigenvalue weighted by Gasteiger charge is -2.03. The predicted molar refractivity (Wildman–Crippen MR) is 65.8 cm³/mol. The van der Waals surface area contributed by atoms with Gasteiger partial charge >= 0.3 is 5.97 Å². The Morgan fingerprint density at radius 3 is 2.84 bits per heavy atom. The Morgan fingerprint density at radius 2 is 2.21 bits per heavy atom. The van der Waals surface area contributed by atoms with Gasteiger partial charge in [0.2, 0.25) is 0 Å². The number of halogens is 2. The van der Waals surface area contributed by atoms with E-state index < -0.39 is 17.6 Å². The van der Waals surface area contributed by atoms with Gasteiger partial charge in [0, 0.05) is 5.56 Å². The van der Waals surface area contributed by atoms with Crippen LogP contribution in [-0.4, -0.2) is 12.6 Å². The van der Waals surface area contributed by atoms with E-state index in [-0.39, 0.29) is 17.7 Å². The Hall–Kier alpha value is -2.22. The SMILES string of the molecule is CCCCOC(=O)C(C#N)=Cc1cccc(F)c1F. The first-order chi connectivity index (χ1) is 9.10. The van der Waals surface area contributed by atoms with Gasteiger partial charge in [0.1, 0.15) is 11.6 Å². The van der Waals surface area contributed by atoms with Crippen LogP contribution in [0.5, 0.6) is 0 Å². The number of ether oxygens (including phenoxy) is 1. The van der Waals surface area contributed by atoms with E-state index in [1.165, 1.54) is 12.1 Å². The third kappa shape index (κ3) is 4.18. The fraction of sp³-hybridized carbons (Fsp3) is 0.286. The molecule has 0 atom stereocenters. The van der Waals surface area contributed by atoms with Gasteiger partial charge in [0.25, 0.3) is 0 Å². The highest BCUT2D eigenvalue weighted by Crippen LogP contribution is 2.15. The third-order valence-electron chi connectivity index (χ3n) is 2.35. The first-order valence-corrected chi connectivity index (χ1v) is 5.83.